The van der Waals surface area contributed by atoms with Crippen LogP contribution in [-0.2, 0) is 40.9 Å². The maximum Gasteiger partial charge on any atom is 0.343 e. The highest BCUT2D eigenvalue weighted by Crippen LogP contribution is 2.25. The Labute approximate surface area is 249 Å². The lowest BCUT2D eigenvalue weighted by Gasteiger charge is -2.25. The summed E-state index contributed by atoms with van der Waals surface area (Å²) in [5.41, 5.74) is 1.48. The van der Waals surface area contributed by atoms with Crippen LogP contribution >= 0.6 is 11.8 Å². The highest BCUT2D eigenvalue weighted by atomic mass is 32.2. The molecule has 0 radical (unpaired) electrons. The van der Waals surface area contributed by atoms with Gasteiger partial charge >= 0.3 is 11.9 Å². The van der Waals surface area contributed by atoms with Gasteiger partial charge in [-0.3, -0.25) is 19.2 Å². The molecule has 0 heterocycles. The Bertz CT molecular complexity index is 1220. The van der Waals surface area contributed by atoms with E-state index in [2.05, 4.69) is 15.4 Å². The van der Waals surface area contributed by atoms with Crippen LogP contribution in [0.15, 0.2) is 48.5 Å². The third-order valence-corrected chi connectivity index (χ3v) is 7.00. The van der Waals surface area contributed by atoms with Gasteiger partial charge in [-0.1, -0.05) is 44.2 Å². The summed E-state index contributed by atoms with van der Waals surface area (Å²) in [6.07, 6.45) is -0.750. The third-order valence-electron chi connectivity index (χ3n) is 5.97. The summed E-state index contributed by atoms with van der Waals surface area (Å²) in [6, 6.07) is 12.0. The average Bonchev–Trinajstić information content (AvgIpc) is 2.95. The van der Waals surface area contributed by atoms with E-state index in [9.17, 15) is 29.1 Å². The van der Waals surface area contributed by atoms with Gasteiger partial charge in [0.2, 0.25) is 11.8 Å². The molecule has 2 amide bonds. The molecule has 2 atom stereocenters. The fourth-order valence-electron chi connectivity index (χ4n) is 3.84. The number of rotatable bonds is 18. The van der Waals surface area contributed by atoms with E-state index in [1.165, 1.54) is 18.9 Å². The van der Waals surface area contributed by atoms with Crippen molar-refractivity contribution in [1.82, 2.24) is 10.6 Å². The Morgan fingerprint density at radius 1 is 0.976 bits per heavy atom. The van der Waals surface area contributed by atoms with Crippen LogP contribution in [0.25, 0.3) is 0 Å². The second-order valence-corrected chi connectivity index (χ2v) is 10.6. The van der Waals surface area contributed by atoms with Gasteiger partial charge in [-0.15, -0.1) is 11.8 Å². The van der Waals surface area contributed by atoms with Crippen molar-refractivity contribution in [3.63, 3.8) is 0 Å². The molecule has 0 saturated carbocycles. The molecule has 0 aliphatic rings. The number of carboxylic acids is 1. The topological polar surface area (TPSA) is 157 Å². The Morgan fingerprint density at radius 3 is 2.31 bits per heavy atom. The first-order valence-corrected chi connectivity index (χ1v) is 14.6. The lowest BCUT2D eigenvalue weighted by atomic mass is 10.0. The number of benzene rings is 2. The van der Waals surface area contributed by atoms with Gasteiger partial charge in [-0.2, -0.15) is 0 Å². The van der Waals surface area contributed by atoms with Crippen LogP contribution < -0.4 is 20.1 Å². The highest BCUT2D eigenvalue weighted by Gasteiger charge is 2.30. The van der Waals surface area contributed by atoms with E-state index in [0.29, 0.717) is 29.4 Å². The molecule has 0 aromatic heterocycles. The lowest BCUT2D eigenvalue weighted by Crippen LogP contribution is -2.54. The number of carbonyl (C=O) groups excluding carboxylic acids is 4. The summed E-state index contributed by atoms with van der Waals surface area (Å²) in [6.45, 7) is 5.27. The number of ether oxygens (including phenoxy) is 3. The SMILES string of the molecule is CCOc1ccc(OCC(=O)OC)cc1CC(=O)N[C@H](C(=O)N[C@@H](CC(=O)O)C(=O)CSCc1ccccc1)C(C)C. The number of hydrogen-bond acceptors (Lipinski definition) is 9. The van der Waals surface area contributed by atoms with Crippen LogP contribution in [0, 0.1) is 5.92 Å². The molecule has 0 spiro atoms. The fourth-order valence-corrected chi connectivity index (χ4v) is 4.77. The molecule has 12 heteroatoms. The van der Waals surface area contributed by atoms with Gasteiger partial charge in [0.05, 0.1) is 38.4 Å². The van der Waals surface area contributed by atoms with Crippen molar-refractivity contribution in [2.45, 2.75) is 51.4 Å². The van der Waals surface area contributed by atoms with Crippen LogP contribution in [0.5, 0.6) is 11.5 Å². The average molecular weight is 603 g/mol. The molecule has 228 valence electrons. The zero-order valence-electron chi connectivity index (χ0n) is 24.2. The van der Waals surface area contributed by atoms with E-state index in [1.54, 1.807) is 39.0 Å². The van der Waals surface area contributed by atoms with E-state index in [-0.39, 0.29) is 24.7 Å². The van der Waals surface area contributed by atoms with Crippen molar-refractivity contribution in [3.05, 3.63) is 59.7 Å². The zero-order chi connectivity index (χ0) is 31.1. The van der Waals surface area contributed by atoms with Crippen LogP contribution in [0.3, 0.4) is 0 Å². The Balaban J connectivity index is 2.08. The minimum absolute atomic E-state index is 0.0143. The van der Waals surface area contributed by atoms with E-state index in [1.807, 2.05) is 30.3 Å². The first-order chi connectivity index (χ1) is 20.0. The summed E-state index contributed by atoms with van der Waals surface area (Å²) in [4.78, 5) is 62.0. The van der Waals surface area contributed by atoms with Gasteiger partial charge in [-0.25, -0.2) is 4.79 Å². The third kappa shape index (κ3) is 11.8. The van der Waals surface area contributed by atoms with Crippen molar-refractivity contribution in [1.29, 1.82) is 0 Å². The lowest BCUT2D eigenvalue weighted by molar-refractivity contribution is -0.143. The van der Waals surface area contributed by atoms with Gasteiger partial charge in [0, 0.05) is 11.3 Å². The van der Waals surface area contributed by atoms with Crippen LogP contribution in [0.1, 0.15) is 38.3 Å². The number of amides is 2. The van der Waals surface area contributed by atoms with Gasteiger partial charge in [-0.05, 0) is 36.6 Å². The van der Waals surface area contributed by atoms with E-state index in [0.717, 1.165) is 5.56 Å². The quantitative estimate of drug-likeness (QED) is 0.217. The van der Waals surface area contributed by atoms with Gasteiger partial charge in [0.25, 0.3) is 0 Å². The molecular weight excluding hydrogens is 564 g/mol. The van der Waals surface area contributed by atoms with Gasteiger partial charge in [0.15, 0.2) is 12.4 Å². The van der Waals surface area contributed by atoms with E-state index < -0.39 is 48.0 Å². The van der Waals surface area contributed by atoms with Crippen molar-refractivity contribution in [2.24, 2.45) is 5.92 Å². The molecule has 0 unspecified atom stereocenters. The number of carbonyl (C=O) groups is 5. The fraction of sp³-hybridized carbons (Fsp3) is 0.433. The molecule has 0 aliphatic heterocycles. The maximum atomic E-state index is 13.2. The van der Waals surface area contributed by atoms with Crippen molar-refractivity contribution >= 4 is 41.3 Å². The second-order valence-electron chi connectivity index (χ2n) is 9.64. The number of nitrogens with one attached hydrogen (secondary N) is 2. The smallest absolute Gasteiger partial charge is 0.343 e. The van der Waals surface area contributed by atoms with E-state index in [4.69, 9.17) is 9.47 Å². The molecule has 2 aromatic rings. The largest absolute Gasteiger partial charge is 0.494 e. The van der Waals surface area contributed by atoms with Crippen LogP contribution in [-0.4, -0.2) is 72.8 Å². The van der Waals surface area contributed by atoms with Crippen molar-refractivity contribution in [3.8, 4) is 11.5 Å². The monoisotopic (exact) mass is 602 g/mol. The number of ketones is 1. The zero-order valence-corrected chi connectivity index (χ0v) is 25.0. The normalized spacial score (nSPS) is 12.1. The van der Waals surface area contributed by atoms with Crippen LogP contribution in [0.2, 0.25) is 0 Å². The Morgan fingerprint density at radius 2 is 1.69 bits per heavy atom. The molecule has 11 nitrogen and oxygen atoms in total. The number of esters is 1. The first kappa shape index (κ1) is 34.1. The van der Waals surface area contributed by atoms with Gasteiger partial charge in [0.1, 0.15) is 17.5 Å². The first-order valence-electron chi connectivity index (χ1n) is 13.4. The minimum Gasteiger partial charge on any atom is -0.494 e. The number of Topliss-reactive ketones (excluding diaryl/α,β-unsaturated/α-hetero) is 1. The predicted molar refractivity (Wildman–Crippen MR) is 157 cm³/mol. The second kappa shape index (κ2) is 17.7. The highest BCUT2D eigenvalue weighted by molar-refractivity contribution is 7.99. The summed E-state index contributed by atoms with van der Waals surface area (Å²) in [5, 5.41) is 14.6. The van der Waals surface area contributed by atoms with Gasteiger partial charge < -0.3 is 30.0 Å². The Kier molecular flexibility index (Phi) is 14.4. The molecule has 0 fully saturated rings. The molecule has 2 rings (SSSR count). The standard InChI is InChI=1S/C30H38N2O9S/c1-5-40-25-12-11-22(41-16-28(37)39-4)13-21(25)14-26(34)32-29(19(2)3)30(38)31-23(15-27(35)36)24(33)18-42-17-20-9-7-6-8-10-20/h6-13,19,23,29H,5,14-18H2,1-4H3,(H,31,38)(H,32,34)(H,35,36)/t23-,29-/m0/s1. The molecule has 42 heavy (non-hydrogen) atoms. The molecule has 2 aromatic carbocycles. The van der Waals surface area contributed by atoms with E-state index >= 15 is 0 Å². The predicted octanol–water partition coefficient (Wildman–Crippen LogP) is 2.78. The summed E-state index contributed by atoms with van der Waals surface area (Å²) >= 11 is 1.32. The molecule has 0 saturated heterocycles. The summed E-state index contributed by atoms with van der Waals surface area (Å²) in [5.74, 6) is -2.43. The number of carboxylic acid groups (broad SMARTS) is 1. The van der Waals surface area contributed by atoms with Crippen molar-refractivity contribution < 1.29 is 43.3 Å². The van der Waals surface area contributed by atoms with Crippen molar-refractivity contribution in [2.75, 3.05) is 26.1 Å². The maximum absolute atomic E-state index is 13.2. The molecule has 3 N–H and O–H groups in total. The van der Waals surface area contributed by atoms with Crippen LogP contribution in [0.4, 0.5) is 0 Å². The molecule has 0 bridgehead atoms. The summed E-state index contributed by atoms with van der Waals surface area (Å²) in [7, 11) is 1.24. The number of methoxy groups -OCH3 is 1. The number of thioether (sulfide) groups is 1. The number of aliphatic carboxylic acids is 1. The molecular formula is C30H38N2O9S. The molecule has 0 aliphatic carbocycles. The summed E-state index contributed by atoms with van der Waals surface area (Å²) < 4.78 is 15.6. The Hall–Kier alpha value is -4.06. The minimum atomic E-state index is -1.25. The number of hydrogen-bond donors (Lipinski definition) is 3.